The standard InChI is InChI=1S/C13H23N3.HI/c1-5-9-15-12(14-7-3)16-10-8-13(4,6-2)11-16;/h1H,6-11H2,2-4H3,(H,14,15);1H. The van der Waals surface area contributed by atoms with E-state index in [2.05, 4.69) is 41.9 Å². The molecule has 1 rings (SSSR count). The second-order valence-corrected chi connectivity index (χ2v) is 4.71. The molecule has 0 aliphatic carbocycles. The summed E-state index contributed by atoms with van der Waals surface area (Å²) in [5, 5.41) is 3.30. The van der Waals surface area contributed by atoms with Gasteiger partial charge in [0.05, 0.1) is 0 Å². The summed E-state index contributed by atoms with van der Waals surface area (Å²) < 4.78 is 0. The maximum absolute atomic E-state index is 5.25. The van der Waals surface area contributed by atoms with E-state index in [0.29, 0.717) is 12.0 Å². The molecule has 0 spiro atoms. The predicted octanol–water partition coefficient (Wildman–Crippen LogP) is 2.33. The maximum Gasteiger partial charge on any atom is 0.194 e. The second-order valence-electron chi connectivity index (χ2n) is 4.71. The van der Waals surface area contributed by atoms with Gasteiger partial charge in [0, 0.05) is 19.6 Å². The van der Waals surface area contributed by atoms with Gasteiger partial charge in [-0.25, -0.2) is 4.99 Å². The number of hydrogen-bond acceptors (Lipinski definition) is 1. The quantitative estimate of drug-likeness (QED) is 0.367. The molecule has 4 heteroatoms. The topological polar surface area (TPSA) is 27.6 Å². The van der Waals surface area contributed by atoms with Gasteiger partial charge in [0.25, 0.3) is 0 Å². The molecule has 98 valence electrons. The first kappa shape index (κ1) is 16.6. The second kappa shape index (κ2) is 7.80. The number of rotatable bonds is 3. The fourth-order valence-corrected chi connectivity index (χ4v) is 2.04. The van der Waals surface area contributed by atoms with Crippen LogP contribution >= 0.6 is 24.0 Å². The Bertz CT molecular complexity index is 296. The van der Waals surface area contributed by atoms with Crippen LogP contribution in [0.3, 0.4) is 0 Å². The number of likely N-dealkylation sites (tertiary alicyclic amines) is 1. The van der Waals surface area contributed by atoms with E-state index in [0.717, 1.165) is 25.6 Å². The molecule has 1 heterocycles. The SMILES string of the molecule is C#CCN=C(NCC)N1CCC(C)(CC)C1.I. The van der Waals surface area contributed by atoms with Crippen molar-refractivity contribution < 1.29 is 0 Å². The number of terminal acetylenes is 1. The summed E-state index contributed by atoms with van der Waals surface area (Å²) in [7, 11) is 0. The van der Waals surface area contributed by atoms with Crippen molar-refractivity contribution in [2.24, 2.45) is 10.4 Å². The van der Waals surface area contributed by atoms with Gasteiger partial charge < -0.3 is 10.2 Å². The molecule has 1 atom stereocenters. The third-order valence-corrected chi connectivity index (χ3v) is 3.37. The van der Waals surface area contributed by atoms with Gasteiger partial charge in [-0.2, -0.15) is 0 Å². The Morgan fingerprint density at radius 1 is 1.53 bits per heavy atom. The van der Waals surface area contributed by atoms with Crippen LogP contribution in [0.4, 0.5) is 0 Å². The average Bonchev–Trinajstić information content (AvgIpc) is 2.68. The Labute approximate surface area is 122 Å². The predicted molar refractivity (Wildman–Crippen MR) is 84.8 cm³/mol. The Morgan fingerprint density at radius 3 is 2.71 bits per heavy atom. The first-order valence-electron chi connectivity index (χ1n) is 6.12. The smallest absolute Gasteiger partial charge is 0.194 e. The van der Waals surface area contributed by atoms with E-state index in [9.17, 15) is 0 Å². The number of nitrogens with one attached hydrogen (secondary N) is 1. The third kappa shape index (κ3) is 4.74. The molecule has 3 nitrogen and oxygen atoms in total. The molecule has 1 fully saturated rings. The van der Waals surface area contributed by atoms with Gasteiger partial charge in [0.15, 0.2) is 5.96 Å². The molecule has 17 heavy (non-hydrogen) atoms. The van der Waals surface area contributed by atoms with E-state index < -0.39 is 0 Å². The molecule has 0 saturated carbocycles. The molecular weight excluding hydrogens is 325 g/mol. The summed E-state index contributed by atoms with van der Waals surface area (Å²) in [6.45, 7) is 10.2. The highest BCUT2D eigenvalue weighted by Gasteiger charge is 2.33. The fourth-order valence-electron chi connectivity index (χ4n) is 2.04. The fraction of sp³-hybridized carbons (Fsp3) is 0.769. The van der Waals surface area contributed by atoms with Crippen LogP contribution in [0.5, 0.6) is 0 Å². The highest BCUT2D eigenvalue weighted by atomic mass is 127. The van der Waals surface area contributed by atoms with Gasteiger partial charge in [0.2, 0.25) is 0 Å². The van der Waals surface area contributed by atoms with Crippen molar-refractivity contribution >= 4 is 29.9 Å². The lowest BCUT2D eigenvalue weighted by Crippen LogP contribution is -2.41. The zero-order valence-electron chi connectivity index (χ0n) is 11.1. The van der Waals surface area contributed by atoms with Crippen LogP contribution in [0, 0.1) is 17.8 Å². The Kier molecular flexibility index (Phi) is 7.60. The van der Waals surface area contributed by atoms with Crippen LogP contribution in [-0.2, 0) is 0 Å². The lowest BCUT2D eigenvalue weighted by Gasteiger charge is -2.25. The van der Waals surface area contributed by atoms with Crippen LogP contribution in [0.2, 0.25) is 0 Å². The van der Waals surface area contributed by atoms with E-state index in [-0.39, 0.29) is 24.0 Å². The van der Waals surface area contributed by atoms with Gasteiger partial charge >= 0.3 is 0 Å². The first-order valence-corrected chi connectivity index (χ1v) is 6.12. The van der Waals surface area contributed by atoms with Crippen molar-refractivity contribution in [3.05, 3.63) is 0 Å². The number of nitrogens with zero attached hydrogens (tertiary/aromatic N) is 2. The van der Waals surface area contributed by atoms with Crippen molar-refractivity contribution in [3.63, 3.8) is 0 Å². The van der Waals surface area contributed by atoms with Gasteiger partial charge in [-0.3, -0.25) is 0 Å². The minimum Gasteiger partial charge on any atom is -0.356 e. The summed E-state index contributed by atoms with van der Waals surface area (Å²) in [5.74, 6) is 3.53. The van der Waals surface area contributed by atoms with Gasteiger partial charge in [-0.1, -0.05) is 19.8 Å². The zero-order valence-corrected chi connectivity index (χ0v) is 13.5. The molecule has 1 aliphatic heterocycles. The minimum atomic E-state index is 0. The van der Waals surface area contributed by atoms with Crippen LogP contribution in [-0.4, -0.2) is 37.0 Å². The average molecular weight is 349 g/mol. The third-order valence-electron chi connectivity index (χ3n) is 3.37. The highest BCUT2D eigenvalue weighted by Crippen LogP contribution is 2.32. The molecule has 0 amide bonds. The highest BCUT2D eigenvalue weighted by molar-refractivity contribution is 14.0. The number of aliphatic imine (C=N–C) groups is 1. The summed E-state index contributed by atoms with van der Waals surface area (Å²) in [4.78, 5) is 6.73. The summed E-state index contributed by atoms with van der Waals surface area (Å²) in [6, 6.07) is 0. The van der Waals surface area contributed by atoms with E-state index in [4.69, 9.17) is 6.42 Å². The number of guanidine groups is 1. The molecule has 1 saturated heterocycles. The zero-order chi connectivity index (χ0) is 12.0. The number of halogens is 1. The molecule has 1 aliphatic rings. The van der Waals surface area contributed by atoms with Gasteiger partial charge in [-0.05, 0) is 25.2 Å². The molecule has 0 aromatic carbocycles. The van der Waals surface area contributed by atoms with Gasteiger partial charge in [0.1, 0.15) is 6.54 Å². The Hall–Kier alpha value is -0.440. The van der Waals surface area contributed by atoms with Gasteiger partial charge in [-0.15, -0.1) is 30.4 Å². The molecule has 0 aromatic heterocycles. The van der Waals surface area contributed by atoms with Crippen molar-refractivity contribution in [2.75, 3.05) is 26.2 Å². The lowest BCUT2D eigenvalue weighted by atomic mass is 9.87. The maximum atomic E-state index is 5.25. The van der Waals surface area contributed by atoms with Crippen LogP contribution in [0.15, 0.2) is 4.99 Å². The molecule has 1 N–H and O–H groups in total. The van der Waals surface area contributed by atoms with E-state index in [1.807, 2.05) is 0 Å². The van der Waals surface area contributed by atoms with E-state index >= 15 is 0 Å². The first-order chi connectivity index (χ1) is 7.65. The summed E-state index contributed by atoms with van der Waals surface area (Å²) in [6.07, 6.45) is 7.71. The van der Waals surface area contributed by atoms with Crippen molar-refractivity contribution in [3.8, 4) is 12.3 Å². The monoisotopic (exact) mass is 349 g/mol. The van der Waals surface area contributed by atoms with Crippen LogP contribution in [0.25, 0.3) is 0 Å². The van der Waals surface area contributed by atoms with Crippen molar-refractivity contribution in [1.82, 2.24) is 10.2 Å². The molecule has 0 aromatic rings. The largest absolute Gasteiger partial charge is 0.356 e. The Balaban J connectivity index is 0.00000256. The van der Waals surface area contributed by atoms with E-state index in [1.165, 1.54) is 12.8 Å². The minimum absolute atomic E-state index is 0. The summed E-state index contributed by atoms with van der Waals surface area (Å²) in [5.41, 5.74) is 0.437. The molecule has 0 bridgehead atoms. The summed E-state index contributed by atoms with van der Waals surface area (Å²) >= 11 is 0. The molecule has 0 radical (unpaired) electrons. The lowest BCUT2D eigenvalue weighted by molar-refractivity contribution is 0.322. The molecular formula is C13H24IN3. The normalized spacial score (nSPS) is 24.1. The van der Waals surface area contributed by atoms with E-state index in [1.54, 1.807) is 0 Å². The Morgan fingerprint density at radius 2 is 2.24 bits per heavy atom. The van der Waals surface area contributed by atoms with Crippen molar-refractivity contribution in [1.29, 1.82) is 0 Å². The van der Waals surface area contributed by atoms with Crippen molar-refractivity contribution in [2.45, 2.75) is 33.6 Å². The molecule has 1 unspecified atom stereocenters. The number of hydrogen-bond donors (Lipinski definition) is 1. The van der Waals surface area contributed by atoms with Crippen LogP contribution in [0.1, 0.15) is 33.6 Å². The van der Waals surface area contributed by atoms with Crippen LogP contribution < -0.4 is 5.32 Å².